The third-order valence-corrected chi connectivity index (χ3v) is 8.09. The second kappa shape index (κ2) is 11.9. The van der Waals surface area contributed by atoms with Gasteiger partial charge in [0.2, 0.25) is 5.91 Å². The van der Waals surface area contributed by atoms with E-state index in [9.17, 15) is 9.59 Å². The number of likely N-dealkylation sites (tertiary alicyclic amines) is 1. The first-order valence-corrected chi connectivity index (χ1v) is 13.0. The van der Waals surface area contributed by atoms with E-state index >= 15 is 0 Å². The minimum Gasteiger partial charge on any atom is -0.343 e. The van der Waals surface area contributed by atoms with Gasteiger partial charge in [-0.2, -0.15) is 0 Å². The van der Waals surface area contributed by atoms with Crippen molar-refractivity contribution < 1.29 is 9.59 Å². The van der Waals surface area contributed by atoms with Crippen LogP contribution in [0.5, 0.6) is 0 Å². The van der Waals surface area contributed by atoms with Crippen molar-refractivity contribution in [3.8, 4) is 0 Å². The number of nitrogens with zero attached hydrogens (tertiary/aromatic N) is 3. The zero-order valence-corrected chi connectivity index (χ0v) is 19.8. The van der Waals surface area contributed by atoms with Gasteiger partial charge in [0.05, 0.1) is 10.4 Å². The lowest BCUT2D eigenvalue weighted by Crippen LogP contribution is -2.54. The topological polar surface area (TPSA) is 77.6 Å². The number of nitrogens with one attached hydrogen (secondary N) is 2. The summed E-state index contributed by atoms with van der Waals surface area (Å²) in [6.07, 6.45) is 9.34. The molecule has 2 fully saturated rings. The van der Waals surface area contributed by atoms with Crippen molar-refractivity contribution in [3.05, 3.63) is 6.20 Å². The molecule has 2 aliphatic rings. The number of carbonyl (C=O) groups is 2. The molecule has 7 nitrogen and oxygen atoms in total. The molecule has 1 aromatic heterocycles. The number of rotatable bonds is 8. The fourth-order valence-electron chi connectivity index (χ4n) is 4.39. The largest absolute Gasteiger partial charge is 0.343 e. The summed E-state index contributed by atoms with van der Waals surface area (Å²) in [6, 6.07) is 0.459. The summed E-state index contributed by atoms with van der Waals surface area (Å²) in [7, 11) is 0. The molecule has 1 aromatic rings. The average Bonchev–Trinajstić information content (AvgIpc) is 3.19. The summed E-state index contributed by atoms with van der Waals surface area (Å²) >= 11 is 3.31. The third kappa shape index (κ3) is 6.59. The molecule has 1 aliphatic heterocycles. The highest BCUT2D eigenvalue weighted by Crippen LogP contribution is 2.31. The van der Waals surface area contributed by atoms with Crippen LogP contribution in [0.2, 0.25) is 0 Å². The fraction of sp³-hybridized carbons (Fsp3) is 0.762. The third-order valence-electron chi connectivity index (χ3n) is 5.98. The number of aromatic nitrogens is 1. The lowest BCUT2D eigenvalue weighted by atomic mass is 9.91. The second-order valence-electron chi connectivity index (χ2n) is 8.05. The Bertz CT molecular complexity index is 685. The molecule has 0 aromatic carbocycles. The van der Waals surface area contributed by atoms with Crippen LogP contribution in [0, 0.1) is 0 Å². The number of hydrogen-bond donors (Lipinski definition) is 2. The molecule has 0 spiro atoms. The summed E-state index contributed by atoms with van der Waals surface area (Å²) in [5.74, 6) is 1.12. The lowest BCUT2D eigenvalue weighted by molar-refractivity contribution is -0.130. The van der Waals surface area contributed by atoms with E-state index in [0.29, 0.717) is 11.2 Å². The van der Waals surface area contributed by atoms with Crippen LogP contribution in [-0.4, -0.2) is 70.7 Å². The molecular weight excluding hydrogens is 418 g/mol. The monoisotopic (exact) mass is 453 g/mol. The Morgan fingerprint density at radius 3 is 2.57 bits per heavy atom. The molecule has 0 bridgehead atoms. The average molecular weight is 454 g/mol. The van der Waals surface area contributed by atoms with Gasteiger partial charge < -0.3 is 15.1 Å². The van der Waals surface area contributed by atoms with Crippen LogP contribution in [0.3, 0.4) is 0 Å². The number of carbonyl (C=O) groups excluding carboxylic acids is 2. The number of thiazole rings is 1. The quantitative estimate of drug-likeness (QED) is 0.459. The van der Waals surface area contributed by atoms with Gasteiger partial charge in [-0.25, -0.2) is 9.78 Å². The smallest absolute Gasteiger partial charge is 0.324 e. The normalized spacial score (nSPS) is 18.4. The Morgan fingerprint density at radius 1 is 1.20 bits per heavy atom. The standard InChI is InChI=1S/C21H35N5O2S2/c1-3-22-11-14-29-19-15-23-20(30-19)24-21(28)26(17-7-5-4-6-8-17)18-9-12-25(13-10-18)16(2)27/h15,17-18,22H,3-14H2,1-2H3,(H,23,24,28). The van der Waals surface area contributed by atoms with Gasteiger partial charge in [-0.15, -0.1) is 11.8 Å². The van der Waals surface area contributed by atoms with Crippen LogP contribution in [-0.2, 0) is 4.79 Å². The summed E-state index contributed by atoms with van der Waals surface area (Å²) < 4.78 is 1.13. The van der Waals surface area contributed by atoms with Crippen molar-refractivity contribution in [1.29, 1.82) is 0 Å². The number of anilines is 1. The lowest BCUT2D eigenvalue weighted by Gasteiger charge is -2.43. The molecule has 3 rings (SSSR count). The van der Waals surface area contributed by atoms with Gasteiger partial charge in [0.25, 0.3) is 0 Å². The van der Waals surface area contributed by atoms with Crippen LogP contribution in [0.25, 0.3) is 0 Å². The molecule has 1 aliphatic carbocycles. The van der Waals surface area contributed by atoms with Crippen molar-refractivity contribution in [2.45, 2.75) is 75.1 Å². The molecule has 30 heavy (non-hydrogen) atoms. The van der Waals surface area contributed by atoms with Gasteiger partial charge >= 0.3 is 6.03 Å². The van der Waals surface area contributed by atoms with E-state index in [1.54, 1.807) is 30.0 Å². The molecular formula is C21H35N5O2S2. The minimum absolute atomic E-state index is 0.0262. The van der Waals surface area contributed by atoms with E-state index in [1.165, 1.54) is 19.3 Å². The molecule has 2 N–H and O–H groups in total. The predicted octanol–water partition coefficient (Wildman–Crippen LogP) is 4.02. The van der Waals surface area contributed by atoms with Crippen LogP contribution >= 0.6 is 23.1 Å². The zero-order valence-electron chi connectivity index (χ0n) is 18.2. The summed E-state index contributed by atoms with van der Waals surface area (Å²) in [6.45, 7) is 7.15. The Balaban J connectivity index is 1.61. The maximum atomic E-state index is 13.3. The van der Waals surface area contributed by atoms with Crippen molar-refractivity contribution in [3.63, 3.8) is 0 Å². The van der Waals surface area contributed by atoms with E-state index in [1.807, 2.05) is 11.1 Å². The first-order valence-electron chi connectivity index (χ1n) is 11.2. The molecule has 0 radical (unpaired) electrons. The van der Waals surface area contributed by atoms with Gasteiger partial charge in [-0.3, -0.25) is 10.1 Å². The molecule has 1 saturated carbocycles. The first kappa shape index (κ1) is 23.3. The Kier molecular flexibility index (Phi) is 9.27. The van der Waals surface area contributed by atoms with Gasteiger partial charge in [-0.05, 0) is 32.2 Å². The van der Waals surface area contributed by atoms with Crippen molar-refractivity contribution in [2.75, 3.05) is 37.2 Å². The number of hydrogen-bond acceptors (Lipinski definition) is 6. The predicted molar refractivity (Wildman–Crippen MR) is 124 cm³/mol. The molecule has 9 heteroatoms. The van der Waals surface area contributed by atoms with Crippen molar-refractivity contribution in [1.82, 2.24) is 20.1 Å². The zero-order chi connectivity index (χ0) is 21.3. The maximum absolute atomic E-state index is 13.3. The number of thioether (sulfide) groups is 1. The molecule has 0 unspecified atom stereocenters. The fourth-order valence-corrected chi connectivity index (χ4v) is 6.23. The number of amides is 3. The van der Waals surface area contributed by atoms with E-state index in [4.69, 9.17) is 0 Å². The minimum atomic E-state index is -0.0262. The Morgan fingerprint density at radius 2 is 1.90 bits per heavy atom. The molecule has 168 valence electrons. The highest BCUT2D eigenvalue weighted by atomic mass is 32.2. The van der Waals surface area contributed by atoms with Gasteiger partial charge in [0.1, 0.15) is 0 Å². The van der Waals surface area contributed by atoms with Gasteiger partial charge in [-0.1, -0.05) is 37.5 Å². The SMILES string of the molecule is CCNCCSc1cnc(NC(=O)N(C2CCCCC2)C2CCN(C(C)=O)CC2)s1. The summed E-state index contributed by atoms with van der Waals surface area (Å²) in [5.41, 5.74) is 0. The maximum Gasteiger partial charge on any atom is 0.324 e. The molecule has 0 atom stereocenters. The highest BCUT2D eigenvalue weighted by Gasteiger charge is 2.34. The molecule has 2 heterocycles. The van der Waals surface area contributed by atoms with Gasteiger partial charge in [0, 0.05) is 44.4 Å². The molecule has 1 saturated heterocycles. The van der Waals surface area contributed by atoms with Crippen LogP contribution < -0.4 is 10.6 Å². The first-order chi connectivity index (χ1) is 14.6. The van der Waals surface area contributed by atoms with Crippen LogP contribution in [0.1, 0.15) is 58.8 Å². The van der Waals surface area contributed by atoms with Crippen LogP contribution in [0.15, 0.2) is 10.4 Å². The van der Waals surface area contributed by atoms with Crippen LogP contribution in [0.4, 0.5) is 9.93 Å². The summed E-state index contributed by atoms with van der Waals surface area (Å²) in [5, 5.41) is 7.07. The Labute approximate surface area is 188 Å². The number of urea groups is 1. The van der Waals surface area contributed by atoms with E-state index in [-0.39, 0.29) is 18.0 Å². The highest BCUT2D eigenvalue weighted by molar-refractivity contribution is 8.01. The van der Waals surface area contributed by atoms with Crippen molar-refractivity contribution >= 4 is 40.2 Å². The summed E-state index contributed by atoms with van der Waals surface area (Å²) in [4.78, 5) is 33.4. The molecule has 3 amide bonds. The van der Waals surface area contributed by atoms with Crippen molar-refractivity contribution in [2.24, 2.45) is 0 Å². The van der Waals surface area contributed by atoms with E-state index in [0.717, 1.165) is 61.8 Å². The van der Waals surface area contributed by atoms with E-state index < -0.39 is 0 Å². The second-order valence-corrected chi connectivity index (χ2v) is 10.5. The Hall–Kier alpha value is -1.32. The van der Waals surface area contributed by atoms with Gasteiger partial charge in [0.15, 0.2) is 5.13 Å². The number of piperidine rings is 1. The van der Waals surface area contributed by atoms with E-state index in [2.05, 4.69) is 27.4 Å².